The van der Waals surface area contributed by atoms with E-state index >= 15 is 0 Å². The predicted molar refractivity (Wildman–Crippen MR) is 76.8 cm³/mol. The number of methoxy groups -OCH3 is 1. The molecule has 0 aliphatic rings. The van der Waals surface area contributed by atoms with Crippen molar-refractivity contribution >= 4 is 23.2 Å². The third kappa shape index (κ3) is 3.12. The molecular formula is C14H15Cl2NO2. The van der Waals surface area contributed by atoms with Crippen LogP contribution >= 0.6 is 23.2 Å². The lowest BCUT2D eigenvalue weighted by atomic mass is 10.0. The van der Waals surface area contributed by atoms with E-state index in [-0.39, 0.29) is 6.04 Å². The summed E-state index contributed by atoms with van der Waals surface area (Å²) >= 11 is 12.5. The van der Waals surface area contributed by atoms with Crippen molar-refractivity contribution < 1.29 is 9.15 Å². The van der Waals surface area contributed by atoms with E-state index in [0.717, 1.165) is 17.1 Å². The van der Waals surface area contributed by atoms with Crippen LogP contribution in [0.3, 0.4) is 0 Å². The summed E-state index contributed by atoms with van der Waals surface area (Å²) in [5, 5.41) is 4.38. The van der Waals surface area contributed by atoms with Crippen molar-refractivity contribution in [3.8, 4) is 0 Å². The van der Waals surface area contributed by atoms with Crippen LogP contribution in [0.1, 0.15) is 23.1 Å². The van der Waals surface area contributed by atoms with E-state index in [1.165, 1.54) is 0 Å². The van der Waals surface area contributed by atoms with Crippen molar-refractivity contribution in [2.24, 2.45) is 0 Å². The van der Waals surface area contributed by atoms with Crippen LogP contribution in [-0.2, 0) is 11.3 Å². The molecule has 1 unspecified atom stereocenters. The highest BCUT2D eigenvalue weighted by Gasteiger charge is 2.21. The fourth-order valence-electron chi connectivity index (χ4n) is 1.98. The molecule has 1 atom stereocenters. The molecule has 0 spiro atoms. The van der Waals surface area contributed by atoms with Crippen molar-refractivity contribution in [1.29, 1.82) is 0 Å². The summed E-state index contributed by atoms with van der Waals surface area (Å²) in [4.78, 5) is 0. The van der Waals surface area contributed by atoms with Gasteiger partial charge in [-0.15, -0.1) is 0 Å². The summed E-state index contributed by atoms with van der Waals surface area (Å²) in [6, 6.07) is 9.03. The Kier molecular flexibility index (Phi) is 4.88. The Morgan fingerprint density at radius 1 is 1.21 bits per heavy atom. The summed E-state index contributed by atoms with van der Waals surface area (Å²) < 4.78 is 10.8. The Labute approximate surface area is 122 Å². The van der Waals surface area contributed by atoms with Gasteiger partial charge in [0.15, 0.2) is 0 Å². The summed E-state index contributed by atoms with van der Waals surface area (Å²) in [7, 11) is 3.46. The predicted octanol–water partition coefficient (Wildman–Crippen LogP) is 4.04. The maximum Gasteiger partial charge on any atom is 0.129 e. The third-order valence-corrected chi connectivity index (χ3v) is 3.49. The lowest BCUT2D eigenvalue weighted by Gasteiger charge is -2.17. The molecule has 1 aromatic carbocycles. The number of hydrogen-bond donors (Lipinski definition) is 1. The Balaban J connectivity index is 2.38. The van der Waals surface area contributed by atoms with Gasteiger partial charge in [-0.2, -0.15) is 0 Å². The number of benzene rings is 1. The van der Waals surface area contributed by atoms with Gasteiger partial charge in [0, 0.05) is 22.7 Å². The number of ether oxygens (including phenoxy) is 1. The van der Waals surface area contributed by atoms with E-state index in [1.807, 2.05) is 37.4 Å². The summed E-state index contributed by atoms with van der Waals surface area (Å²) in [5.74, 6) is 1.52. The fraction of sp³-hybridized carbons (Fsp3) is 0.286. The average Bonchev–Trinajstić information content (AvgIpc) is 2.83. The molecule has 5 heteroatoms. The van der Waals surface area contributed by atoms with Gasteiger partial charge >= 0.3 is 0 Å². The van der Waals surface area contributed by atoms with Gasteiger partial charge in [-0.3, -0.25) is 0 Å². The van der Waals surface area contributed by atoms with Crippen molar-refractivity contribution in [1.82, 2.24) is 5.32 Å². The van der Waals surface area contributed by atoms with Gasteiger partial charge in [0.1, 0.15) is 18.1 Å². The number of hydrogen-bond acceptors (Lipinski definition) is 3. The highest BCUT2D eigenvalue weighted by Crippen LogP contribution is 2.34. The monoisotopic (exact) mass is 299 g/mol. The second-order valence-corrected chi connectivity index (χ2v) is 4.91. The first-order valence-corrected chi connectivity index (χ1v) is 6.61. The summed E-state index contributed by atoms with van der Waals surface area (Å²) in [5.41, 5.74) is 0.812. The van der Waals surface area contributed by atoms with Gasteiger partial charge in [-0.05, 0) is 31.3 Å². The van der Waals surface area contributed by atoms with Crippen LogP contribution in [0.25, 0.3) is 0 Å². The number of rotatable bonds is 5. The minimum absolute atomic E-state index is 0.188. The van der Waals surface area contributed by atoms with Crippen LogP contribution < -0.4 is 5.32 Å². The molecule has 1 N–H and O–H groups in total. The number of furan rings is 1. The zero-order chi connectivity index (χ0) is 13.8. The van der Waals surface area contributed by atoms with Gasteiger partial charge in [0.2, 0.25) is 0 Å². The van der Waals surface area contributed by atoms with Crippen molar-refractivity contribution in [2.45, 2.75) is 12.6 Å². The maximum absolute atomic E-state index is 6.23. The number of nitrogens with one attached hydrogen (secondary N) is 1. The van der Waals surface area contributed by atoms with E-state index in [2.05, 4.69) is 5.32 Å². The fourth-order valence-corrected chi connectivity index (χ4v) is 2.60. The Hall–Kier alpha value is -1.00. The van der Waals surface area contributed by atoms with Crippen molar-refractivity contribution in [3.63, 3.8) is 0 Å². The second-order valence-electron chi connectivity index (χ2n) is 4.09. The van der Waals surface area contributed by atoms with Gasteiger partial charge < -0.3 is 14.5 Å². The zero-order valence-electron chi connectivity index (χ0n) is 10.7. The minimum Gasteiger partial charge on any atom is -0.462 e. The first kappa shape index (κ1) is 14.4. The molecule has 3 nitrogen and oxygen atoms in total. The van der Waals surface area contributed by atoms with E-state index in [0.29, 0.717) is 16.7 Å². The van der Waals surface area contributed by atoms with Crippen molar-refractivity contribution in [2.75, 3.05) is 14.2 Å². The van der Waals surface area contributed by atoms with Crippen LogP contribution in [-0.4, -0.2) is 14.2 Å². The first-order valence-electron chi connectivity index (χ1n) is 5.86. The van der Waals surface area contributed by atoms with E-state index in [4.69, 9.17) is 32.4 Å². The lowest BCUT2D eigenvalue weighted by molar-refractivity contribution is 0.162. The molecule has 19 heavy (non-hydrogen) atoms. The molecular weight excluding hydrogens is 285 g/mol. The quantitative estimate of drug-likeness (QED) is 0.905. The Bertz CT molecular complexity index is 534. The van der Waals surface area contributed by atoms with E-state index < -0.39 is 0 Å². The largest absolute Gasteiger partial charge is 0.462 e. The standard InChI is InChI=1S/C14H15Cl2NO2/c1-17-14(12-7-6-9(19-12)8-18-2)13-10(15)4-3-5-11(13)16/h3-7,14,17H,8H2,1-2H3. The van der Waals surface area contributed by atoms with Crippen molar-refractivity contribution in [3.05, 3.63) is 57.5 Å². The van der Waals surface area contributed by atoms with E-state index in [9.17, 15) is 0 Å². The normalized spacial score (nSPS) is 12.6. The molecule has 0 amide bonds. The molecule has 1 aromatic heterocycles. The van der Waals surface area contributed by atoms with Crippen LogP contribution in [0.5, 0.6) is 0 Å². The maximum atomic E-state index is 6.23. The van der Waals surface area contributed by atoms with E-state index in [1.54, 1.807) is 7.11 Å². The van der Waals surface area contributed by atoms with Gasteiger partial charge in [0.05, 0.1) is 6.04 Å². The highest BCUT2D eigenvalue weighted by atomic mass is 35.5. The molecule has 0 aliphatic carbocycles. The molecule has 0 saturated carbocycles. The topological polar surface area (TPSA) is 34.4 Å². The first-order chi connectivity index (χ1) is 9.17. The van der Waals surface area contributed by atoms with Crippen LogP contribution in [0, 0.1) is 0 Å². The van der Waals surface area contributed by atoms with Crippen LogP contribution in [0.15, 0.2) is 34.7 Å². The zero-order valence-corrected chi connectivity index (χ0v) is 12.3. The molecule has 0 bridgehead atoms. The summed E-state index contributed by atoms with van der Waals surface area (Å²) in [6.07, 6.45) is 0. The SMILES string of the molecule is CNC(c1ccc(COC)o1)c1c(Cl)cccc1Cl. The third-order valence-electron chi connectivity index (χ3n) is 2.83. The lowest BCUT2D eigenvalue weighted by Crippen LogP contribution is -2.18. The Morgan fingerprint density at radius 3 is 2.47 bits per heavy atom. The molecule has 0 aliphatic heterocycles. The highest BCUT2D eigenvalue weighted by molar-refractivity contribution is 6.36. The number of halogens is 2. The molecule has 0 fully saturated rings. The second kappa shape index (κ2) is 6.44. The Morgan fingerprint density at radius 2 is 1.89 bits per heavy atom. The minimum atomic E-state index is -0.188. The summed E-state index contributed by atoms with van der Waals surface area (Å²) in [6.45, 7) is 0.437. The molecule has 102 valence electrons. The molecule has 2 rings (SSSR count). The average molecular weight is 300 g/mol. The molecule has 2 aromatic rings. The van der Waals surface area contributed by atoms with Crippen LogP contribution in [0.2, 0.25) is 10.0 Å². The molecule has 0 radical (unpaired) electrons. The molecule has 1 heterocycles. The van der Waals surface area contributed by atoms with Gasteiger partial charge in [-0.1, -0.05) is 29.3 Å². The van der Waals surface area contributed by atoms with Crippen LogP contribution in [0.4, 0.5) is 0 Å². The smallest absolute Gasteiger partial charge is 0.129 e. The molecule has 0 saturated heterocycles. The van der Waals surface area contributed by atoms with Gasteiger partial charge in [-0.25, -0.2) is 0 Å². The van der Waals surface area contributed by atoms with Gasteiger partial charge in [0.25, 0.3) is 0 Å².